The molecular formula is C15H22N2O2. The van der Waals surface area contributed by atoms with Gasteiger partial charge in [-0.15, -0.1) is 0 Å². The number of rotatable bonds is 6. The third-order valence-electron chi connectivity index (χ3n) is 3.78. The summed E-state index contributed by atoms with van der Waals surface area (Å²) in [7, 11) is 3.51. The van der Waals surface area contributed by atoms with Gasteiger partial charge >= 0.3 is 5.97 Å². The molecule has 1 fully saturated rings. The highest BCUT2D eigenvalue weighted by Gasteiger charge is 2.32. The highest BCUT2D eigenvalue weighted by Crippen LogP contribution is 2.34. The van der Waals surface area contributed by atoms with Crippen molar-refractivity contribution >= 4 is 5.97 Å². The van der Waals surface area contributed by atoms with Crippen molar-refractivity contribution in [3.8, 4) is 0 Å². The van der Waals surface area contributed by atoms with Crippen LogP contribution in [-0.4, -0.2) is 37.6 Å². The quantitative estimate of drug-likeness (QED) is 0.792. The van der Waals surface area contributed by atoms with Crippen LogP contribution in [-0.2, 0) is 11.3 Å². The van der Waals surface area contributed by atoms with Crippen molar-refractivity contribution < 1.29 is 9.53 Å². The van der Waals surface area contributed by atoms with Crippen LogP contribution in [0, 0.1) is 5.92 Å². The molecule has 0 heterocycles. The molecule has 0 radical (unpaired) electrons. The van der Waals surface area contributed by atoms with Crippen LogP contribution in [0.1, 0.15) is 28.8 Å². The topological polar surface area (TPSA) is 55.6 Å². The van der Waals surface area contributed by atoms with E-state index in [9.17, 15) is 4.79 Å². The van der Waals surface area contributed by atoms with E-state index in [0.29, 0.717) is 18.2 Å². The minimum Gasteiger partial charge on any atom is -0.465 e. The second-order valence-electron chi connectivity index (χ2n) is 5.24. The van der Waals surface area contributed by atoms with E-state index in [1.165, 1.54) is 25.5 Å². The van der Waals surface area contributed by atoms with Gasteiger partial charge < -0.3 is 10.5 Å². The molecule has 1 aromatic rings. The molecule has 1 atom stereocenters. The summed E-state index contributed by atoms with van der Waals surface area (Å²) in [6.07, 6.45) is 2.60. The number of nitrogens with two attached hydrogens (primary N) is 1. The number of ether oxygens (including phenoxy) is 1. The largest absolute Gasteiger partial charge is 0.465 e. The van der Waals surface area contributed by atoms with E-state index in [0.717, 1.165) is 12.5 Å². The van der Waals surface area contributed by atoms with E-state index in [2.05, 4.69) is 16.7 Å². The van der Waals surface area contributed by atoms with Gasteiger partial charge in [-0.3, -0.25) is 4.90 Å². The van der Waals surface area contributed by atoms with Crippen molar-refractivity contribution in [2.24, 2.45) is 11.7 Å². The number of carbonyl (C=O) groups excluding carboxylic acids is 1. The number of hydrogen-bond acceptors (Lipinski definition) is 4. The molecule has 19 heavy (non-hydrogen) atoms. The number of carbonyl (C=O) groups is 1. The molecule has 2 N–H and O–H groups in total. The first-order chi connectivity index (χ1) is 9.15. The van der Waals surface area contributed by atoms with Crippen LogP contribution in [0.4, 0.5) is 0 Å². The van der Waals surface area contributed by atoms with Gasteiger partial charge in [0.25, 0.3) is 0 Å². The van der Waals surface area contributed by atoms with Gasteiger partial charge in [-0.05, 0) is 43.5 Å². The van der Waals surface area contributed by atoms with Crippen LogP contribution in [0.3, 0.4) is 0 Å². The molecule has 1 saturated carbocycles. The average Bonchev–Trinajstić information content (AvgIpc) is 3.24. The maximum Gasteiger partial charge on any atom is 0.337 e. The SMILES string of the molecule is COC(=O)c1ccc(CN(C)C(CN)C2CC2)cc1. The lowest BCUT2D eigenvalue weighted by molar-refractivity contribution is 0.0600. The molecule has 0 aromatic heterocycles. The van der Waals surface area contributed by atoms with E-state index in [1.807, 2.05) is 24.3 Å². The van der Waals surface area contributed by atoms with Crippen molar-refractivity contribution in [2.75, 3.05) is 20.7 Å². The molecule has 1 unspecified atom stereocenters. The summed E-state index contributed by atoms with van der Waals surface area (Å²) < 4.78 is 4.69. The van der Waals surface area contributed by atoms with Gasteiger partial charge in [0.2, 0.25) is 0 Å². The number of methoxy groups -OCH3 is 1. The first-order valence-electron chi connectivity index (χ1n) is 6.73. The Kier molecular flexibility index (Phi) is 4.56. The molecule has 0 aliphatic heterocycles. The Labute approximate surface area is 114 Å². The highest BCUT2D eigenvalue weighted by atomic mass is 16.5. The maximum absolute atomic E-state index is 11.3. The van der Waals surface area contributed by atoms with Gasteiger partial charge in [0.1, 0.15) is 0 Å². The Morgan fingerprint density at radius 1 is 1.42 bits per heavy atom. The lowest BCUT2D eigenvalue weighted by Crippen LogP contribution is -2.39. The van der Waals surface area contributed by atoms with Gasteiger partial charge in [-0.2, -0.15) is 0 Å². The fourth-order valence-corrected chi connectivity index (χ4v) is 2.48. The summed E-state index contributed by atoms with van der Waals surface area (Å²) in [5.41, 5.74) is 7.63. The molecule has 104 valence electrons. The zero-order valence-electron chi connectivity index (χ0n) is 11.6. The van der Waals surface area contributed by atoms with Gasteiger partial charge in [-0.1, -0.05) is 12.1 Å². The second-order valence-corrected chi connectivity index (χ2v) is 5.24. The van der Waals surface area contributed by atoms with Crippen molar-refractivity contribution in [1.82, 2.24) is 4.90 Å². The summed E-state index contributed by atoms with van der Waals surface area (Å²) in [5.74, 6) is 0.474. The molecule has 4 heteroatoms. The third kappa shape index (κ3) is 3.55. The van der Waals surface area contributed by atoms with E-state index >= 15 is 0 Å². The molecule has 0 saturated heterocycles. The number of likely N-dealkylation sites (N-methyl/N-ethyl adjacent to an activating group) is 1. The predicted octanol–water partition coefficient (Wildman–Crippen LogP) is 1.64. The fourth-order valence-electron chi connectivity index (χ4n) is 2.48. The summed E-state index contributed by atoms with van der Waals surface area (Å²) in [6, 6.07) is 8.04. The monoisotopic (exact) mass is 262 g/mol. The standard InChI is InChI=1S/C15H22N2O2/c1-17(14(9-16)12-7-8-12)10-11-3-5-13(6-4-11)15(18)19-2/h3-6,12,14H,7-10,16H2,1-2H3. The van der Waals surface area contributed by atoms with Gasteiger partial charge in [0.15, 0.2) is 0 Å². The Balaban J connectivity index is 1.96. The fraction of sp³-hybridized carbons (Fsp3) is 0.533. The minimum absolute atomic E-state index is 0.294. The first kappa shape index (κ1) is 14.0. The van der Waals surface area contributed by atoms with Gasteiger partial charge in [-0.25, -0.2) is 4.79 Å². The average molecular weight is 262 g/mol. The summed E-state index contributed by atoms with van der Waals surface area (Å²) in [4.78, 5) is 13.7. The van der Waals surface area contributed by atoms with Crippen LogP contribution < -0.4 is 5.73 Å². The van der Waals surface area contributed by atoms with Crippen LogP contribution in [0.5, 0.6) is 0 Å². The minimum atomic E-state index is -0.294. The van der Waals surface area contributed by atoms with Crippen LogP contribution >= 0.6 is 0 Å². The summed E-state index contributed by atoms with van der Waals surface area (Å²) in [6.45, 7) is 1.57. The lowest BCUT2D eigenvalue weighted by atomic mass is 10.1. The molecule has 0 amide bonds. The molecule has 1 aromatic carbocycles. The van der Waals surface area contributed by atoms with Gasteiger partial charge in [0, 0.05) is 19.1 Å². The zero-order chi connectivity index (χ0) is 13.8. The molecule has 0 bridgehead atoms. The van der Waals surface area contributed by atoms with Crippen molar-refractivity contribution in [1.29, 1.82) is 0 Å². The number of esters is 1. The molecule has 1 aliphatic rings. The summed E-state index contributed by atoms with van der Waals surface area (Å²) in [5, 5.41) is 0. The Morgan fingerprint density at radius 2 is 2.05 bits per heavy atom. The number of nitrogens with zero attached hydrogens (tertiary/aromatic N) is 1. The molecule has 2 rings (SSSR count). The van der Waals surface area contributed by atoms with Gasteiger partial charge in [0.05, 0.1) is 12.7 Å². The van der Waals surface area contributed by atoms with Crippen LogP contribution in [0.25, 0.3) is 0 Å². The lowest BCUT2D eigenvalue weighted by Gasteiger charge is -2.27. The zero-order valence-corrected chi connectivity index (χ0v) is 11.6. The smallest absolute Gasteiger partial charge is 0.337 e. The van der Waals surface area contributed by atoms with E-state index in [1.54, 1.807) is 0 Å². The molecule has 4 nitrogen and oxygen atoms in total. The highest BCUT2D eigenvalue weighted by molar-refractivity contribution is 5.89. The predicted molar refractivity (Wildman–Crippen MR) is 74.8 cm³/mol. The normalized spacial score (nSPS) is 16.4. The second kappa shape index (κ2) is 6.17. The maximum atomic E-state index is 11.3. The molecule has 1 aliphatic carbocycles. The van der Waals surface area contributed by atoms with Crippen molar-refractivity contribution in [3.05, 3.63) is 35.4 Å². The number of benzene rings is 1. The third-order valence-corrected chi connectivity index (χ3v) is 3.78. The Morgan fingerprint density at radius 3 is 2.53 bits per heavy atom. The number of hydrogen-bond donors (Lipinski definition) is 1. The van der Waals surface area contributed by atoms with Crippen molar-refractivity contribution in [2.45, 2.75) is 25.4 Å². The van der Waals surface area contributed by atoms with E-state index in [-0.39, 0.29) is 5.97 Å². The van der Waals surface area contributed by atoms with E-state index in [4.69, 9.17) is 5.73 Å². The summed E-state index contributed by atoms with van der Waals surface area (Å²) >= 11 is 0. The van der Waals surface area contributed by atoms with E-state index < -0.39 is 0 Å². The Bertz CT molecular complexity index is 426. The van der Waals surface area contributed by atoms with Crippen LogP contribution in [0.15, 0.2) is 24.3 Å². The molecular weight excluding hydrogens is 240 g/mol. The first-order valence-corrected chi connectivity index (χ1v) is 6.73. The molecule has 0 spiro atoms. The van der Waals surface area contributed by atoms with Crippen LogP contribution in [0.2, 0.25) is 0 Å². The Hall–Kier alpha value is -1.39. The van der Waals surface area contributed by atoms with Crippen molar-refractivity contribution in [3.63, 3.8) is 0 Å².